The van der Waals surface area contributed by atoms with Crippen LogP contribution in [0.5, 0.6) is 0 Å². The maximum atomic E-state index is 5.54. The van der Waals surface area contributed by atoms with Crippen LogP contribution in [0.3, 0.4) is 0 Å². The maximum Gasteiger partial charge on any atom is 0.240 e. The molecule has 1 aromatic carbocycles. The van der Waals surface area contributed by atoms with Crippen LogP contribution in [-0.2, 0) is 19.5 Å². The minimum Gasteiger partial charge on any atom is -0.338 e. The average molecular weight is 284 g/mol. The normalized spacial score (nSPS) is 21.0. The summed E-state index contributed by atoms with van der Waals surface area (Å²) in [5.74, 6) is 1.28. The van der Waals surface area contributed by atoms with Crippen molar-refractivity contribution in [3.8, 4) is 0 Å². The Bertz CT molecular complexity index is 635. The second kappa shape index (κ2) is 5.24. The number of aryl methyl sites for hydroxylation is 1. The second-order valence-corrected chi connectivity index (χ2v) is 5.97. The molecule has 0 bridgehead atoms. The van der Waals surface area contributed by atoms with E-state index >= 15 is 0 Å². The smallest absolute Gasteiger partial charge is 0.240 e. The lowest BCUT2D eigenvalue weighted by Gasteiger charge is -2.28. The van der Waals surface area contributed by atoms with Crippen LogP contribution in [0.25, 0.3) is 0 Å². The topological polar surface area (TPSA) is 68.2 Å². The number of hydrogen-bond donors (Lipinski definition) is 1. The minimum atomic E-state index is 0.308. The quantitative estimate of drug-likeness (QED) is 0.911. The standard InChI is InChI=1S/C16H20N4O/c17-9-16-18-15(19-21-16)10-20(12-6-7-12)14-8-5-11-3-1-2-4-13(11)14/h1-4,12,14H,5-10,17H2. The van der Waals surface area contributed by atoms with Gasteiger partial charge < -0.3 is 10.3 Å². The Balaban J connectivity index is 1.58. The molecule has 0 radical (unpaired) electrons. The summed E-state index contributed by atoms with van der Waals surface area (Å²) in [6.45, 7) is 1.07. The van der Waals surface area contributed by atoms with Gasteiger partial charge in [0, 0.05) is 12.1 Å². The number of nitrogens with zero attached hydrogens (tertiary/aromatic N) is 3. The largest absolute Gasteiger partial charge is 0.338 e. The summed E-state index contributed by atoms with van der Waals surface area (Å²) in [7, 11) is 0. The summed E-state index contributed by atoms with van der Waals surface area (Å²) in [5.41, 5.74) is 8.51. The van der Waals surface area contributed by atoms with Crippen LogP contribution in [0.15, 0.2) is 28.8 Å². The molecule has 0 spiro atoms. The third-order valence-electron chi connectivity index (χ3n) is 4.53. The highest BCUT2D eigenvalue weighted by Crippen LogP contribution is 2.42. The fourth-order valence-electron chi connectivity index (χ4n) is 3.38. The maximum absolute atomic E-state index is 5.54. The van der Waals surface area contributed by atoms with Crippen LogP contribution in [0.4, 0.5) is 0 Å². The molecular formula is C16H20N4O. The first-order valence-corrected chi connectivity index (χ1v) is 7.70. The molecule has 1 saturated carbocycles. The molecule has 1 fully saturated rings. The van der Waals surface area contributed by atoms with Crippen molar-refractivity contribution < 1.29 is 4.52 Å². The Morgan fingerprint density at radius 2 is 2.10 bits per heavy atom. The molecule has 0 saturated heterocycles. The molecule has 5 nitrogen and oxygen atoms in total. The van der Waals surface area contributed by atoms with Crippen molar-refractivity contribution in [2.45, 2.75) is 50.9 Å². The Morgan fingerprint density at radius 3 is 2.86 bits per heavy atom. The van der Waals surface area contributed by atoms with E-state index in [1.54, 1.807) is 0 Å². The summed E-state index contributed by atoms with van der Waals surface area (Å²) in [5, 5.41) is 4.06. The minimum absolute atomic E-state index is 0.308. The zero-order valence-corrected chi connectivity index (χ0v) is 12.0. The SMILES string of the molecule is NCc1nc(CN(C2CC2)C2CCc3ccccc32)no1. The van der Waals surface area contributed by atoms with Gasteiger partial charge in [-0.1, -0.05) is 29.4 Å². The van der Waals surface area contributed by atoms with Gasteiger partial charge in [-0.25, -0.2) is 0 Å². The molecule has 0 aliphatic heterocycles. The zero-order valence-electron chi connectivity index (χ0n) is 12.0. The molecule has 2 aromatic rings. The molecule has 110 valence electrons. The van der Waals surface area contributed by atoms with Gasteiger partial charge in [0.2, 0.25) is 5.89 Å². The van der Waals surface area contributed by atoms with Gasteiger partial charge >= 0.3 is 0 Å². The predicted octanol–water partition coefficient (Wildman–Crippen LogP) is 2.18. The van der Waals surface area contributed by atoms with E-state index in [9.17, 15) is 0 Å². The van der Waals surface area contributed by atoms with Gasteiger partial charge in [-0.15, -0.1) is 0 Å². The summed E-state index contributed by atoms with van der Waals surface area (Å²) >= 11 is 0. The first-order valence-electron chi connectivity index (χ1n) is 7.70. The summed E-state index contributed by atoms with van der Waals surface area (Å²) in [6, 6.07) is 9.96. The van der Waals surface area contributed by atoms with E-state index in [2.05, 4.69) is 39.3 Å². The predicted molar refractivity (Wildman–Crippen MR) is 78.3 cm³/mol. The monoisotopic (exact) mass is 284 g/mol. The van der Waals surface area contributed by atoms with Crippen molar-refractivity contribution in [3.63, 3.8) is 0 Å². The van der Waals surface area contributed by atoms with Crippen molar-refractivity contribution in [1.29, 1.82) is 0 Å². The van der Waals surface area contributed by atoms with Crippen molar-refractivity contribution in [3.05, 3.63) is 47.1 Å². The van der Waals surface area contributed by atoms with E-state index in [0.29, 0.717) is 24.5 Å². The Labute approximate surface area is 124 Å². The van der Waals surface area contributed by atoms with Crippen molar-refractivity contribution in [1.82, 2.24) is 15.0 Å². The summed E-state index contributed by atoms with van der Waals surface area (Å²) < 4.78 is 5.13. The first kappa shape index (κ1) is 13.0. The molecular weight excluding hydrogens is 264 g/mol. The molecule has 0 amide bonds. The number of fused-ring (bicyclic) bond motifs is 1. The molecule has 1 aromatic heterocycles. The van der Waals surface area contributed by atoms with Crippen LogP contribution in [0.1, 0.15) is 48.1 Å². The lowest BCUT2D eigenvalue weighted by Crippen LogP contribution is -2.29. The Kier molecular flexibility index (Phi) is 3.24. The molecule has 21 heavy (non-hydrogen) atoms. The number of hydrogen-bond acceptors (Lipinski definition) is 5. The number of nitrogens with two attached hydrogens (primary N) is 1. The Morgan fingerprint density at radius 1 is 1.24 bits per heavy atom. The van der Waals surface area contributed by atoms with Gasteiger partial charge in [-0.3, -0.25) is 4.90 Å². The average Bonchev–Trinajstić information content (AvgIpc) is 3.11. The fourth-order valence-corrected chi connectivity index (χ4v) is 3.38. The molecule has 1 atom stereocenters. The zero-order chi connectivity index (χ0) is 14.2. The van der Waals surface area contributed by atoms with Crippen LogP contribution in [-0.4, -0.2) is 21.1 Å². The summed E-state index contributed by atoms with van der Waals surface area (Å²) in [6.07, 6.45) is 4.92. The van der Waals surface area contributed by atoms with Gasteiger partial charge in [0.05, 0.1) is 13.1 Å². The second-order valence-electron chi connectivity index (χ2n) is 5.97. The van der Waals surface area contributed by atoms with E-state index in [-0.39, 0.29) is 0 Å². The van der Waals surface area contributed by atoms with Crippen molar-refractivity contribution >= 4 is 0 Å². The lowest BCUT2D eigenvalue weighted by atomic mass is 10.1. The molecule has 5 heteroatoms. The molecule has 2 aliphatic rings. The van der Waals surface area contributed by atoms with E-state index in [0.717, 1.165) is 12.4 Å². The van der Waals surface area contributed by atoms with E-state index in [4.69, 9.17) is 10.3 Å². The first-order chi connectivity index (χ1) is 10.3. The highest BCUT2D eigenvalue weighted by atomic mass is 16.5. The molecule has 1 heterocycles. The van der Waals surface area contributed by atoms with E-state index in [1.807, 2.05) is 0 Å². The van der Waals surface area contributed by atoms with Gasteiger partial charge in [0.25, 0.3) is 0 Å². The van der Waals surface area contributed by atoms with E-state index < -0.39 is 0 Å². The number of aromatic nitrogens is 2. The van der Waals surface area contributed by atoms with Gasteiger partial charge in [-0.2, -0.15) is 4.98 Å². The number of benzene rings is 1. The number of rotatable bonds is 5. The third-order valence-corrected chi connectivity index (χ3v) is 4.53. The van der Waals surface area contributed by atoms with Crippen LogP contribution in [0.2, 0.25) is 0 Å². The molecule has 2 N–H and O–H groups in total. The summed E-state index contributed by atoms with van der Waals surface area (Å²) in [4.78, 5) is 6.91. The van der Waals surface area contributed by atoms with Crippen molar-refractivity contribution in [2.75, 3.05) is 0 Å². The fraction of sp³-hybridized carbons (Fsp3) is 0.500. The lowest BCUT2D eigenvalue weighted by molar-refractivity contribution is 0.170. The highest BCUT2D eigenvalue weighted by Gasteiger charge is 2.38. The Hall–Kier alpha value is -1.72. The van der Waals surface area contributed by atoms with Gasteiger partial charge in [0.1, 0.15) is 0 Å². The van der Waals surface area contributed by atoms with Gasteiger partial charge in [0.15, 0.2) is 5.82 Å². The van der Waals surface area contributed by atoms with Crippen LogP contribution >= 0.6 is 0 Å². The third kappa shape index (κ3) is 2.47. The molecule has 4 rings (SSSR count). The van der Waals surface area contributed by atoms with E-state index in [1.165, 1.54) is 36.8 Å². The molecule has 2 aliphatic carbocycles. The molecule has 1 unspecified atom stereocenters. The van der Waals surface area contributed by atoms with Gasteiger partial charge in [-0.05, 0) is 36.8 Å². The van der Waals surface area contributed by atoms with Crippen molar-refractivity contribution in [2.24, 2.45) is 5.73 Å². The van der Waals surface area contributed by atoms with Crippen LogP contribution < -0.4 is 5.73 Å². The highest BCUT2D eigenvalue weighted by molar-refractivity contribution is 5.34. The van der Waals surface area contributed by atoms with Crippen LogP contribution in [0, 0.1) is 0 Å².